The second kappa shape index (κ2) is 8.88. The fourth-order valence-electron chi connectivity index (χ4n) is 6.60. The number of nitrogens with one attached hydrogen (secondary N) is 2. The van der Waals surface area contributed by atoms with Crippen molar-refractivity contribution in [3.05, 3.63) is 30.4 Å². The van der Waals surface area contributed by atoms with E-state index in [9.17, 15) is 9.59 Å². The van der Waals surface area contributed by atoms with E-state index in [1.165, 1.54) is 19.3 Å². The summed E-state index contributed by atoms with van der Waals surface area (Å²) in [5, 5.41) is 10.1. The van der Waals surface area contributed by atoms with Crippen LogP contribution < -0.4 is 10.6 Å². The highest BCUT2D eigenvalue weighted by Crippen LogP contribution is 2.60. The van der Waals surface area contributed by atoms with Gasteiger partial charge < -0.3 is 15.2 Å². The van der Waals surface area contributed by atoms with E-state index in [0.717, 1.165) is 42.6 Å². The number of amides is 2. The second-order valence-electron chi connectivity index (χ2n) is 10.7. The molecule has 0 aromatic carbocycles. The van der Waals surface area contributed by atoms with E-state index in [2.05, 4.69) is 25.8 Å². The summed E-state index contributed by atoms with van der Waals surface area (Å²) in [5.74, 6) is 3.08. The van der Waals surface area contributed by atoms with Crippen molar-refractivity contribution in [2.75, 3.05) is 6.54 Å². The maximum absolute atomic E-state index is 13.1. The van der Waals surface area contributed by atoms with Crippen LogP contribution in [0.4, 0.5) is 0 Å². The van der Waals surface area contributed by atoms with Crippen LogP contribution in [0, 0.1) is 29.1 Å². The standard InChI is InChI=1S/C25H33N5O3/c1-15(2)21(23-29-22(30-33-23)19-4-3-6-26-14-19)28-20(31)5-7-27-24(32)25-11-16-8-17(12-25)10-18(9-16)13-25/h3-4,6,14-18,21H,5,7-13H2,1-2H3,(H,27,32)(H,28,31). The van der Waals surface area contributed by atoms with Gasteiger partial charge in [0.05, 0.1) is 0 Å². The van der Waals surface area contributed by atoms with Crippen molar-refractivity contribution >= 4 is 11.8 Å². The monoisotopic (exact) mass is 451 g/mol. The van der Waals surface area contributed by atoms with Crippen molar-refractivity contribution in [1.29, 1.82) is 0 Å². The zero-order valence-corrected chi connectivity index (χ0v) is 19.4. The number of carbonyl (C=O) groups excluding carboxylic acids is 2. The lowest BCUT2D eigenvalue weighted by Gasteiger charge is -2.55. The summed E-state index contributed by atoms with van der Waals surface area (Å²) < 4.78 is 5.45. The molecule has 4 aliphatic carbocycles. The Morgan fingerprint density at radius 3 is 2.45 bits per heavy atom. The van der Waals surface area contributed by atoms with Gasteiger partial charge in [-0.2, -0.15) is 4.98 Å². The van der Waals surface area contributed by atoms with E-state index in [1.807, 2.05) is 26.0 Å². The van der Waals surface area contributed by atoms with Gasteiger partial charge in [0.25, 0.3) is 0 Å². The minimum Gasteiger partial charge on any atom is -0.355 e. The van der Waals surface area contributed by atoms with Crippen LogP contribution in [0.15, 0.2) is 29.0 Å². The average molecular weight is 452 g/mol. The summed E-state index contributed by atoms with van der Waals surface area (Å²) in [6.45, 7) is 4.34. The molecule has 0 spiro atoms. The van der Waals surface area contributed by atoms with Gasteiger partial charge in [-0.15, -0.1) is 0 Å². The molecular weight excluding hydrogens is 418 g/mol. The molecule has 8 heteroatoms. The molecule has 176 valence electrons. The van der Waals surface area contributed by atoms with Crippen molar-refractivity contribution in [3.8, 4) is 11.4 Å². The molecule has 2 aromatic rings. The Hall–Kier alpha value is -2.77. The van der Waals surface area contributed by atoms with Crippen molar-refractivity contribution in [3.63, 3.8) is 0 Å². The second-order valence-corrected chi connectivity index (χ2v) is 10.7. The molecule has 4 fully saturated rings. The van der Waals surface area contributed by atoms with Crippen molar-refractivity contribution in [2.24, 2.45) is 29.1 Å². The summed E-state index contributed by atoms with van der Waals surface area (Å²) in [5.41, 5.74) is 0.576. The lowest BCUT2D eigenvalue weighted by molar-refractivity contribution is -0.146. The molecule has 0 aliphatic heterocycles. The summed E-state index contributed by atoms with van der Waals surface area (Å²) in [6.07, 6.45) is 10.6. The Labute approximate surface area is 194 Å². The molecule has 1 unspecified atom stereocenters. The van der Waals surface area contributed by atoms with Crippen molar-refractivity contribution < 1.29 is 14.1 Å². The van der Waals surface area contributed by atoms with E-state index in [4.69, 9.17) is 4.52 Å². The third-order valence-corrected chi connectivity index (χ3v) is 7.77. The fourth-order valence-corrected chi connectivity index (χ4v) is 6.60. The third-order valence-electron chi connectivity index (χ3n) is 7.77. The highest BCUT2D eigenvalue weighted by Gasteiger charge is 2.54. The third kappa shape index (κ3) is 4.52. The summed E-state index contributed by atoms with van der Waals surface area (Å²) >= 11 is 0. The van der Waals surface area contributed by atoms with Crippen LogP contribution in [0.2, 0.25) is 0 Å². The van der Waals surface area contributed by atoms with E-state index < -0.39 is 6.04 Å². The first-order chi connectivity index (χ1) is 15.9. The first-order valence-corrected chi connectivity index (χ1v) is 12.2. The Balaban J connectivity index is 1.15. The number of nitrogens with zero attached hydrogens (tertiary/aromatic N) is 3. The first kappa shape index (κ1) is 22.0. The van der Waals surface area contributed by atoms with E-state index in [-0.39, 0.29) is 29.6 Å². The van der Waals surface area contributed by atoms with Crippen molar-refractivity contribution in [1.82, 2.24) is 25.8 Å². The Bertz CT molecular complexity index is 967. The lowest BCUT2D eigenvalue weighted by Crippen LogP contribution is -2.53. The van der Waals surface area contributed by atoms with Crippen LogP contribution in [-0.4, -0.2) is 33.5 Å². The van der Waals surface area contributed by atoms with Gasteiger partial charge in [-0.25, -0.2) is 0 Å². The van der Waals surface area contributed by atoms with Gasteiger partial charge in [-0.1, -0.05) is 19.0 Å². The molecular formula is C25H33N5O3. The zero-order chi connectivity index (χ0) is 23.0. The Morgan fingerprint density at radius 1 is 1.15 bits per heavy atom. The largest absolute Gasteiger partial charge is 0.355 e. The molecule has 2 N–H and O–H groups in total. The minimum atomic E-state index is -0.394. The minimum absolute atomic E-state index is 0.0674. The van der Waals surface area contributed by atoms with E-state index in [0.29, 0.717) is 18.3 Å². The fraction of sp³-hybridized carbons (Fsp3) is 0.640. The lowest BCUT2D eigenvalue weighted by atomic mass is 9.49. The predicted molar refractivity (Wildman–Crippen MR) is 121 cm³/mol. The van der Waals surface area contributed by atoms with Crippen LogP contribution >= 0.6 is 0 Å². The molecule has 2 heterocycles. The molecule has 4 aliphatic rings. The molecule has 1 atom stereocenters. The van der Waals surface area contributed by atoms with Crippen LogP contribution in [0.3, 0.4) is 0 Å². The molecule has 0 radical (unpaired) electrons. The van der Waals surface area contributed by atoms with Gasteiger partial charge in [-0.05, 0) is 74.3 Å². The molecule has 4 bridgehead atoms. The molecule has 2 amide bonds. The van der Waals surface area contributed by atoms with Crippen LogP contribution in [0.1, 0.15) is 70.7 Å². The quantitative estimate of drug-likeness (QED) is 0.634. The van der Waals surface area contributed by atoms with Crippen LogP contribution in [0.25, 0.3) is 11.4 Å². The average Bonchev–Trinajstić information content (AvgIpc) is 3.27. The maximum atomic E-state index is 13.1. The maximum Gasteiger partial charge on any atom is 0.249 e. The number of rotatable bonds is 8. The normalized spacial score (nSPS) is 28.6. The van der Waals surface area contributed by atoms with Gasteiger partial charge in [0.1, 0.15) is 6.04 Å². The van der Waals surface area contributed by atoms with Gasteiger partial charge in [0, 0.05) is 36.3 Å². The number of carbonyl (C=O) groups is 2. The zero-order valence-electron chi connectivity index (χ0n) is 19.4. The number of hydrogen-bond acceptors (Lipinski definition) is 6. The highest BCUT2D eigenvalue weighted by molar-refractivity contribution is 5.84. The van der Waals surface area contributed by atoms with Crippen molar-refractivity contribution in [2.45, 2.75) is 64.8 Å². The molecule has 4 saturated carbocycles. The topological polar surface area (TPSA) is 110 Å². The summed E-state index contributed by atoms with van der Waals surface area (Å²) in [7, 11) is 0. The highest BCUT2D eigenvalue weighted by atomic mass is 16.5. The number of hydrogen-bond donors (Lipinski definition) is 2. The first-order valence-electron chi connectivity index (χ1n) is 12.2. The van der Waals surface area contributed by atoms with Gasteiger partial charge in [0.2, 0.25) is 23.5 Å². The Kier molecular flexibility index (Phi) is 5.93. The number of aromatic nitrogens is 3. The predicted octanol–water partition coefficient (Wildman–Crippen LogP) is 3.67. The SMILES string of the molecule is CC(C)C(NC(=O)CCNC(=O)C12CC3CC(CC(C3)C1)C2)c1nc(-c2cccnc2)no1. The molecule has 6 rings (SSSR count). The summed E-state index contributed by atoms with van der Waals surface area (Å²) in [6, 6.07) is 3.27. The van der Waals surface area contributed by atoms with Gasteiger partial charge >= 0.3 is 0 Å². The number of pyridine rings is 1. The Morgan fingerprint density at radius 2 is 1.85 bits per heavy atom. The van der Waals surface area contributed by atoms with E-state index >= 15 is 0 Å². The van der Waals surface area contributed by atoms with E-state index in [1.54, 1.807) is 12.4 Å². The molecule has 0 saturated heterocycles. The summed E-state index contributed by atoms with van der Waals surface area (Å²) in [4.78, 5) is 34.3. The van der Waals surface area contributed by atoms with Gasteiger partial charge in [0.15, 0.2) is 0 Å². The molecule has 8 nitrogen and oxygen atoms in total. The molecule has 33 heavy (non-hydrogen) atoms. The molecule has 2 aromatic heterocycles. The van der Waals surface area contributed by atoms with Gasteiger partial charge in [-0.3, -0.25) is 14.6 Å². The smallest absolute Gasteiger partial charge is 0.249 e. The van der Waals surface area contributed by atoms with Crippen LogP contribution in [-0.2, 0) is 9.59 Å². The van der Waals surface area contributed by atoms with Crippen LogP contribution in [0.5, 0.6) is 0 Å².